The lowest BCUT2D eigenvalue weighted by Gasteiger charge is -2.19. The van der Waals surface area contributed by atoms with Crippen LogP contribution in [0.3, 0.4) is 0 Å². The van der Waals surface area contributed by atoms with Crippen molar-refractivity contribution in [1.82, 2.24) is 4.98 Å². The quantitative estimate of drug-likeness (QED) is 0.746. The summed E-state index contributed by atoms with van der Waals surface area (Å²) in [4.78, 5) is 16.4. The molecule has 0 unspecified atom stereocenters. The average molecular weight is 271 g/mol. The van der Waals surface area contributed by atoms with E-state index in [2.05, 4.69) is 4.98 Å². The molecule has 1 aromatic heterocycles. The van der Waals surface area contributed by atoms with Gasteiger partial charge in [0.05, 0.1) is 12.3 Å². The van der Waals surface area contributed by atoms with Gasteiger partial charge in [0.15, 0.2) is 0 Å². The number of rotatable bonds is 6. The Morgan fingerprint density at radius 1 is 1.44 bits per heavy atom. The van der Waals surface area contributed by atoms with Gasteiger partial charge in [0, 0.05) is 12.0 Å². The molecule has 0 N–H and O–H groups in total. The molecule has 0 spiro atoms. The van der Waals surface area contributed by atoms with Gasteiger partial charge in [-0.25, -0.2) is 4.98 Å². The predicted octanol–water partition coefficient (Wildman–Crippen LogP) is 3.08. The average Bonchev–Trinajstić information content (AvgIpc) is 2.79. The fraction of sp³-hybridized carbons (Fsp3) is 0.692. The van der Waals surface area contributed by atoms with Crippen LogP contribution in [0.4, 0.5) is 0 Å². The first kappa shape index (κ1) is 15.1. The van der Waals surface area contributed by atoms with E-state index in [9.17, 15) is 4.79 Å². The highest BCUT2D eigenvalue weighted by molar-refractivity contribution is 7.09. The zero-order chi connectivity index (χ0) is 13.8. The van der Waals surface area contributed by atoms with Gasteiger partial charge in [-0.3, -0.25) is 4.79 Å². The zero-order valence-corrected chi connectivity index (χ0v) is 12.5. The Hall–Kier alpha value is -0.940. The topological polar surface area (TPSA) is 48.4 Å². The summed E-state index contributed by atoms with van der Waals surface area (Å²) in [6, 6.07) is 0. The Bertz CT molecular complexity index is 401. The number of hydrogen-bond donors (Lipinski definition) is 0. The molecular weight excluding hydrogens is 250 g/mol. The molecule has 0 fully saturated rings. The normalized spacial score (nSPS) is 13.4. The fourth-order valence-electron chi connectivity index (χ4n) is 1.50. The van der Waals surface area contributed by atoms with Crippen molar-refractivity contribution >= 4 is 17.3 Å². The maximum Gasteiger partial charge on any atom is 0.317 e. The molecule has 0 radical (unpaired) electrons. The Morgan fingerprint density at radius 2 is 2.11 bits per heavy atom. The molecule has 1 atom stereocenters. The van der Waals surface area contributed by atoms with Crippen LogP contribution in [0.1, 0.15) is 51.4 Å². The number of hydrogen-bond acceptors (Lipinski definition) is 5. The summed E-state index contributed by atoms with van der Waals surface area (Å²) in [5, 5.41) is 2.80. The molecule has 0 bridgehead atoms. The minimum atomic E-state index is -0.712. The summed E-state index contributed by atoms with van der Waals surface area (Å²) in [6.45, 7) is 10.4. The molecule has 0 aromatic carbocycles. The van der Waals surface area contributed by atoms with E-state index in [1.54, 1.807) is 6.92 Å². The van der Waals surface area contributed by atoms with Crippen molar-refractivity contribution in [1.29, 1.82) is 0 Å². The summed E-state index contributed by atoms with van der Waals surface area (Å²) in [6.07, 6.45) is -0.0354. The molecule has 1 heterocycles. The van der Waals surface area contributed by atoms with Crippen molar-refractivity contribution in [3.63, 3.8) is 0 Å². The first-order chi connectivity index (χ1) is 8.43. The predicted molar refractivity (Wildman–Crippen MR) is 71.8 cm³/mol. The number of ether oxygens (including phenoxy) is 2. The second-order valence-corrected chi connectivity index (χ2v) is 5.40. The molecule has 18 heavy (non-hydrogen) atoms. The van der Waals surface area contributed by atoms with Crippen LogP contribution in [-0.2, 0) is 19.7 Å². The lowest BCUT2D eigenvalue weighted by Crippen LogP contribution is -2.31. The SMILES string of the molecule is CCOC(=O)C(C)(C)c1csc([C@@H](C)OCC)n1. The summed E-state index contributed by atoms with van der Waals surface area (Å²) >= 11 is 1.52. The third-order valence-corrected chi connectivity index (χ3v) is 3.72. The van der Waals surface area contributed by atoms with Gasteiger partial charge in [-0.05, 0) is 34.6 Å². The van der Waals surface area contributed by atoms with E-state index in [1.807, 2.05) is 33.1 Å². The Morgan fingerprint density at radius 3 is 2.67 bits per heavy atom. The number of carbonyl (C=O) groups is 1. The Labute approximate surface area is 112 Å². The van der Waals surface area contributed by atoms with Gasteiger partial charge in [-0.15, -0.1) is 11.3 Å². The van der Waals surface area contributed by atoms with Crippen molar-refractivity contribution in [2.45, 2.75) is 46.1 Å². The van der Waals surface area contributed by atoms with Crippen LogP contribution in [0.15, 0.2) is 5.38 Å². The van der Waals surface area contributed by atoms with Gasteiger partial charge in [0.1, 0.15) is 16.5 Å². The summed E-state index contributed by atoms with van der Waals surface area (Å²) in [5.74, 6) is -0.245. The van der Waals surface area contributed by atoms with Gasteiger partial charge in [0.2, 0.25) is 0 Å². The minimum Gasteiger partial charge on any atom is -0.465 e. The highest BCUT2D eigenvalue weighted by Gasteiger charge is 2.34. The monoisotopic (exact) mass is 271 g/mol. The summed E-state index contributed by atoms with van der Waals surface area (Å²) in [5.41, 5.74) is 0.0314. The lowest BCUT2D eigenvalue weighted by atomic mass is 9.90. The van der Waals surface area contributed by atoms with Crippen LogP contribution in [0.5, 0.6) is 0 Å². The van der Waals surface area contributed by atoms with Gasteiger partial charge in [-0.1, -0.05) is 0 Å². The van der Waals surface area contributed by atoms with Gasteiger partial charge in [0.25, 0.3) is 0 Å². The molecule has 0 aliphatic carbocycles. The molecule has 0 aliphatic heterocycles. The van der Waals surface area contributed by atoms with Crippen molar-refractivity contribution in [3.8, 4) is 0 Å². The van der Waals surface area contributed by atoms with Crippen molar-refractivity contribution in [2.24, 2.45) is 0 Å². The van der Waals surface area contributed by atoms with Crippen LogP contribution in [0, 0.1) is 0 Å². The van der Waals surface area contributed by atoms with Crippen molar-refractivity contribution in [2.75, 3.05) is 13.2 Å². The standard InChI is InChI=1S/C13H21NO3S/c1-6-16-9(3)11-14-10(8-18-11)13(4,5)12(15)17-7-2/h8-9H,6-7H2,1-5H3/t9-/m1/s1. The molecule has 0 saturated heterocycles. The molecule has 1 aromatic rings. The third kappa shape index (κ3) is 3.29. The molecule has 0 amide bonds. The molecule has 5 heteroatoms. The van der Waals surface area contributed by atoms with E-state index < -0.39 is 5.41 Å². The van der Waals surface area contributed by atoms with Crippen LogP contribution in [-0.4, -0.2) is 24.2 Å². The molecule has 102 valence electrons. The maximum atomic E-state index is 11.9. The number of nitrogens with zero attached hydrogens (tertiary/aromatic N) is 1. The summed E-state index contributed by atoms with van der Waals surface area (Å²) < 4.78 is 10.6. The van der Waals surface area contributed by atoms with Crippen molar-refractivity contribution in [3.05, 3.63) is 16.1 Å². The van der Waals surface area contributed by atoms with E-state index in [4.69, 9.17) is 9.47 Å². The highest BCUT2D eigenvalue weighted by atomic mass is 32.1. The number of carbonyl (C=O) groups excluding carboxylic acids is 1. The molecular formula is C13H21NO3S. The minimum absolute atomic E-state index is 0.0354. The number of thiazole rings is 1. The first-order valence-electron chi connectivity index (χ1n) is 6.18. The van der Waals surface area contributed by atoms with E-state index in [1.165, 1.54) is 11.3 Å². The molecule has 4 nitrogen and oxygen atoms in total. The fourth-order valence-corrected chi connectivity index (χ4v) is 2.49. The van der Waals surface area contributed by atoms with E-state index in [-0.39, 0.29) is 12.1 Å². The third-order valence-electron chi connectivity index (χ3n) is 2.71. The van der Waals surface area contributed by atoms with Crippen molar-refractivity contribution < 1.29 is 14.3 Å². The van der Waals surface area contributed by atoms with Crippen LogP contribution < -0.4 is 0 Å². The van der Waals surface area contributed by atoms with E-state index >= 15 is 0 Å². The number of aromatic nitrogens is 1. The summed E-state index contributed by atoms with van der Waals surface area (Å²) in [7, 11) is 0. The lowest BCUT2D eigenvalue weighted by molar-refractivity contribution is -0.148. The second-order valence-electron chi connectivity index (χ2n) is 4.51. The van der Waals surface area contributed by atoms with Gasteiger partial charge < -0.3 is 9.47 Å². The van der Waals surface area contributed by atoms with Gasteiger partial charge in [-0.2, -0.15) is 0 Å². The smallest absolute Gasteiger partial charge is 0.317 e. The molecule has 0 saturated carbocycles. The van der Waals surface area contributed by atoms with E-state index in [0.29, 0.717) is 13.2 Å². The molecule has 1 rings (SSSR count). The number of esters is 1. The second kappa shape index (κ2) is 6.29. The maximum absolute atomic E-state index is 11.9. The first-order valence-corrected chi connectivity index (χ1v) is 7.06. The Balaban J connectivity index is 2.87. The Kier molecular flexibility index (Phi) is 5.28. The van der Waals surface area contributed by atoms with Crippen LogP contribution in [0.2, 0.25) is 0 Å². The van der Waals surface area contributed by atoms with Crippen LogP contribution in [0.25, 0.3) is 0 Å². The van der Waals surface area contributed by atoms with E-state index in [0.717, 1.165) is 10.7 Å². The highest BCUT2D eigenvalue weighted by Crippen LogP contribution is 2.29. The van der Waals surface area contributed by atoms with Gasteiger partial charge >= 0.3 is 5.97 Å². The van der Waals surface area contributed by atoms with Crippen LogP contribution >= 0.6 is 11.3 Å². The zero-order valence-electron chi connectivity index (χ0n) is 11.6. The molecule has 0 aliphatic rings. The largest absolute Gasteiger partial charge is 0.465 e.